The summed E-state index contributed by atoms with van der Waals surface area (Å²) in [5, 5.41) is 5.97. The normalized spacial score (nSPS) is 11.0. The highest BCUT2D eigenvalue weighted by Gasteiger charge is 2.26. The van der Waals surface area contributed by atoms with Crippen molar-refractivity contribution in [2.75, 3.05) is 24.7 Å². The summed E-state index contributed by atoms with van der Waals surface area (Å²) in [6, 6.07) is 10.4. The van der Waals surface area contributed by atoms with Crippen LogP contribution >= 0.6 is 0 Å². The second-order valence-corrected chi connectivity index (χ2v) is 10.5. The number of nitrogens with one attached hydrogen (secondary N) is 2. The Balaban J connectivity index is 2.00. The number of pyridine rings is 1. The second-order valence-electron chi connectivity index (χ2n) is 10.5. The van der Waals surface area contributed by atoms with Crippen LogP contribution in [0.5, 0.6) is 5.75 Å². The van der Waals surface area contributed by atoms with Crippen LogP contribution in [0.1, 0.15) is 47.1 Å². The Kier molecular flexibility index (Phi) is 8.46. The Hall–Kier alpha value is -4.99. The van der Waals surface area contributed by atoms with Crippen molar-refractivity contribution in [2.45, 2.75) is 27.7 Å². The number of rotatable bonds is 9. The number of amides is 2. The molecule has 0 saturated carbocycles. The molecular formula is C32H34FN5O4. The minimum Gasteiger partial charge on any atom is -0.496 e. The van der Waals surface area contributed by atoms with Gasteiger partial charge in [0.05, 0.1) is 34.8 Å². The van der Waals surface area contributed by atoms with Crippen LogP contribution in [0.2, 0.25) is 0 Å². The first-order chi connectivity index (χ1) is 19.8. The number of aromatic nitrogens is 2. The molecule has 2 amide bonds. The number of ether oxygens (including phenoxy) is 1. The molecule has 4 N–H and O–H groups in total. The van der Waals surface area contributed by atoms with E-state index < -0.39 is 11.7 Å². The van der Waals surface area contributed by atoms with Crippen LogP contribution in [0.15, 0.2) is 55.0 Å². The third-order valence-electron chi connectivity index (χ3n) is 7.01. The third kappa shape index (κ3) is 5.60. The van der Waals surface area contributed by atoms with E-state index in [1.165, 1.54) is 20.2 Å². The SMILES string of the molecule is C=C(F)C(=O)Nc1ccc(-c2c(-c3ccc(C(=O)NCC(C)C)c(OC)c3)c3c(N)ncc(C(C)=O)c3n2C)c(C)c1. The van der Waals surface area contributed by atoms with Gasteiger partial charge in [-0.1, -0.05) is 32.6 Å². The molecule has 2 aromatic heterocycles. The number of hydrogen-bond acceptors (Lipinski definition) is 6. The number of benzene rings is 2. The van der Waals surface area contributed by atoms with Crippen molar-refractivity contribution in [1.82, 2.24) is 14.9 Å². The van der Waals surface area contributed by atoms with Crippen LogP contribution in [0, 0.1) is 12.8 Å². The lowest BCUT2D eigenvalue weighted by Crippen LogP contribution is -2.27. The summed E-state index contributed by atoms with van der Waals surface area (Å²) in [7, 11) is 3.33. The van der Waals surface area contributed by atoms with Crippen LogP contribution in [0.25, 0.3) is 33.3 Å². The van der Waals surface area contributed by atoms with Crippen molar-refractivity contribution in [3.8, 4) is 28.1 Å². The predicted molar refractivity (Wildman–Crippen MR) is 163 cm³/mol. The molecule has 0 bridgehead atoms. The Morgan fingerprint density at radius 2 is 1.86 bits per heavy atom. The molecule has 2 heterocycles. The molecule has 2 aromatic carbocycles. The number of ketones is 1. The fraction of sp³-hybridized carbons (Fsp3) is 0.250. The summed E-state index contributed by atoms with van der Waals surface area (Å²) in [6.07, 6.45) is 1.46. The number of nitrogen functional groups attached to an aromatic ring is 1. The molecule has 0 radical (unpaired) electrons. The van der Waals surface area contributed by atoms with E-state index in [4.69, 9.17) is 10.5 Å². The molecule has 0 unspecified atom stereocenters. The average Bonchev–Trinajstić information content (AvgIpc) is 3.24. The van der Waals surface area contributed by atoms with Gasteiger partial charge in [-0.15, -0.1) is 0 Å². The Morgan fingerprint density at radius 1 is 1.14 bits per heavy atom. The summed E-state index contributed by atoms with van der Waals surface area (Å²) in [4.78, 5) is 41.8. The van der Waals surface area contributed by atoms with E-state index in [0.717, 1.165) is 16.8 Å². The average molecular weight is 572 g/mol. The summed E-state index contributed by atoms with van der Waals surface area (Å²) in [6.45, 7) is 10.9. The molecule has 0 aliphatic rings. The lowest BCUT2D eigenvalue weighted by molar-refractivity contribution is -0.114. The second kappa shape index (κ2) is 11.9. The number of Topliss-reactive ketones (excluding diaryl/α,β-unsaturated/α-hetero) is 1. The fourth-order valence-electron chi connectivity index (χ4n) is 4.99. The molecule has 0 aliphatic carbocycles. The van der Waals surface area contributed by atoms with Crippen molar-refractivity contribution in [3.05, 3.63) is 71.7 Å². The Morgan fingerprint density at radius 3 is 2.45 bits per heavy atom. The van der Waals surface area contributed by atoms with Gasteiger partial charge in [0.25, 0.3) is 11.8 Å². The topological polar surface area (TPSA) is 128 Å². The number of fused-ring (bicyclic) bond motifs is 1. The van der Waals surface area contributed by atoms with Crippen LogP contribution in [-0.2, 0) is 11.8 Å². The monoisotopic (exact) mass is 571 g/mol. The minimum atomic E-state index is -1.09. The summed E-state index contributed by atoms with van der Waals surface area (Å²) < 4.78 is 20.8. The first kappa shape index (κ1) is 30.0. The first-order valence-electron chi connectivity index (χ1n) is 13.4. The Labute approximate surface area is 243 Å². The van der Waals surface area contributed by atoms with Crippen LogP contribution in [-0.4, -0.2) is 40.8 Å². The minimum absolute atomic E-state index is 0.179. The maximum atomic E-state index is 13.3. The zero-order chi connectivity index (χ0) is 30.9. The summed E-state index contributed by atoms with van der Waals surface area (Å²) >= 11 is 0. The highest BCUT2D eigenvalue weighted by atomic mass is 19.1. The van der Waals surface area contributed by atoms with E-state index in [1.807, 2.05) is 38.5 Å². The van der Waals surface area contributed by atoms with Gasteiger partial charge in [-0.05, 0) is 55.2 Å². The summed E-state index contributed by atoms with van der Waals surface area (Å²) in [5.74, 6) is -1.58. The molecule has 0 fully saturated rings. The molecule has 0 aliphatic heterocycles. The van der Waals surface area contributed by atoms with E-state index >= 15 is 0 Å². The van der Waals surface area contributed by atoms with E-state index in [-0.39, 0.29) is 23.4 Å². The van der Waals surface area contributed by atoms with E-state index in [0.29, 0.717) is 51.1 Å². The molecule has 42 heavy (non-hydrogen) atoms. The first-order valence-corrected chi connectivity index (χ1v) is 13.4. The number of carbonyl (C=O) groups excluding carboxylic acids is 3. The fourth-order valence-corrected chi connectivity index (χ4v) is 4.99. The quantitative estimate of drug-likeness (QED) is 0.172. The standard InChI is InChI=1S/C32H34FN5O4/c1-16(2)14-36-32(41)23-10-8-20(13-25(23)42-7)26-27-29(24(19(5)39)15-35-30(27)34)38(6)28(26)22-11-9-21(12-17(22)3)37-31(40)18(4)33/h8-13,15-16H,4,14H2,1-3,5-7H3,(H2,34,35)(H,36,41)(H,37,40). The van der Waals surface area contributed by atoms with Crippen molar-refractivity contribution in [1.29, 1.82) is 0 Å². The van der Waals surface area contributed by atoms with Gasteiger partial charge in [-0.3, -0.25) is 14.4 Å². The van der Waals surface area contributed by atoms with Crippen molar-refractivity contribution >= 4 is 40.0 Å². The van der Waals surface area contributed by atoms with Gasteiger partial charge in [0.15, 0.2) is 11.6 Å². The molecule has 0 saturated heterocycles. The van der Waals surface area contributed by atoms with Gasteiger partial charge >= 0.3 is 0 Å². The number of carbonyl (C=O) groups is 3. The maximum Gasteiger partial charge on any atom is 0.283 e. The zero-order valence-corrected chi connectivity index (χ0v) is 24.5. The van der Waals surface area contributed by atoms with Crippen molar-refractivity contribution < 1.29 is 23.5 Å². The maximum absolute atomic E-state index is 13.3. The molecular weight excluding hydrogens is 537 g/mol. The third-order valence-corrected chi connectivity index (χ3v) is 7.01. The van der Waals surface area contributed by atoms with Gasteiger partial charge in [0, 0.05) is 36.6 Å². The number of hydrogen-bond donors (Lipinski definition) is 3. The van der Waals surface area contributed by atoms with Gasteiger partial charge < -0.3 is 25.7 Å². The van der Waals surface area contributed by atoms with Crippen molar-refractivity contribution in [2.24, 2.45) is 13.0 Å². The van der Waals surface area contributed by atoms with Gasteiger partial charge in [-0.2, -0.15) is 0 Å². The van der Waals surface area contributed by atoms with Gasteiger partial charge in [-0.25, -0.2) is 9.37 Å². The van der Waals surface area contributed by atoms with Gasteiger partial charge in [0.2, 0.25) is 0 Å². The van der Waals surface area contributed by atoms with E-state index in [9.17, 15) is 18.8 Å². The number of anilines is 2. The molecule has 0 atom stereocenters. The molecule has 4 aromatic rings. The number of aryl methyl sites for hydroxylation is 2. The highest BCUT2D eigenvalue weighted by Crippen LogP contribution is 2.45. The zero-order valence-electron chi connectivity index (χ0n) is 24.5. The number of nitrogens with zero attached hydrogens (tertiary/aromatic N) is 2. The predicted octanol–water partition coefficient (Wildman–Crippen LogP) is 5.82. The smallest absolute Gasteiger partial charge is 0.283 e. The van der Waals surface area contributed by atoms with Crippen LogP contribution in [0.4, 0.5) is 15.9 Å². The molecule has 0 spiro atoms. The highest BCUT2D eigenvalue weighted by molar-refractivity contribution is 6.16. The molecule has 9 nitrogen and oxygen atoms in total. The molecule has 4 rings (SSSR count). The van der Waals surface area contributed by atoms with Crippen LogP contribution in [0.3, 0.4) is 0 Å². The van der Waals surface area contributed by atoms with E-state index in [1.54, 1.807) is 30.3 Å². The van der Waals surface area contributed by atoms with Crippen LogP contribution < -0.4 is 21.1 Å². The lowest BCUT2D eigenvalue weighted by atomic mass is 9.94. The Bertz CT molecular complexity index is 1760. The largest absolute Gasteiger partial charge is 0.496 e. The van der Waals surface area contributed by atoms with Gasteiger partial charge in [0.1, 0.15) is 11.6 Å². The lowest BCUT2D eigenvalue weighted by Gasteiger charge is -2.15. The summed E-state index contributed by atoms with van der Waals surface area (Å²) in [5.41, 5.74) is 11.9. The number of methoxy groups -OCH3 is 1. The molecule has 10 heteroatoms. The van der Waals surface area contributed by atoms with E-state index in [2.05, 4.69) is 22.2 Å². The molecule has 218 valence electrons. The van der Waals surface area contributed by atoms with Crippen molar-refractivity contribution in [3.63, 3.8) is 0 Å². The number of halogens is 1. The number of nitrogens with two attached hydrogens (primary N) is 1.